The molecule has 88 valence electrons. The SMILES string of the molecule is C=CC.c1ccc2[nH]cnc2c1.c1cnsc1. The summed E-state index contributed by atoms with van der Waals surface area (Å²) in [6, 6.07) is 9.85. The average molecular weight is 245 g/mol. The van der Waals surface area contributed by atoms with Crippen LogP contribution in [0.3, 0.4) is 0 Å². The highest BCUT2D eigenvalue weighted by Crippen LogP contribution is 2.05. The molecule has 0 aliphatic heterocycles. The van der Waals surface area contributed by atoms with Crippen LogP contribution < -0.4 is 0 Å². The van der Waals surface area contributed by atoms with Gasteiger partial charge in [-0.1, -0.05) is 18.2 Å². The highest BCUT2D eigenvalue weighted by molar-refractivity contribution is 7.03. The number of aromatic nitrogens is 3. The number of fused-ring (bicyclic) bond motifs is 1. The van der Waals surface area contributed by atoms with Gasteiger partial charge in [-0.15, -0.1) is 6.58 Å². The van der Waals surface area contributed by atoms with Crippen LogP contribution in [-0.2, 0) is 0 Å². The van der Waals surface area contributed by atoms with Crippen molar-refractivity contribution in [3.05, 3.63) is 60.9 Å². The van der Waals surface area contributed by atoms with Gasteiger partial charge in [0.05, 0.1) is 17.4 Å². The van der Waals surface area contributed by atoms with Gasteiger partial charge in [0.15, 0.2) is 0 Å². The first-order valence-corrected chi connectivity index (χ1v) is 6.01. The Balaban J connectivity index is 0.000000154. The minimum Gasteiger partial charge on any atom is -0.345 e. The minimum absolute atomic E-state index is 1.03. The average Bonchev–Trinajstić information content (AvgIpc) is 3.05. The van der Waals surface area contributed by atoms with Crippen molar-refractivity contribution in [3.8, 4) is 0 Å². The number of hydrogen-bond acceptors (Lipinski definition) is 3. The van der Waals surface area contributed by atoms with E-state index in [1.165, 1.54) is 11.5 Å². The molecular formula is C13H15N3S. The number of benzene rings is 1. The summed E-state index contributed by atoms with van der Waals surface area (Å²) in [7, 11) is 0. The molecular weight excluding hydrogens is 230 g/mol. The van der Waals surface area contributed by atoms with Crippen LogP contribution in [0.2, 0.25) is 0 Å². The Kier molecular flexibility index (Phi) is 6.36. The predicted octanol–water partition coefficient (Wildman–Crippen LogP) is 3.90. The molecule has 3 rings (SSSR count). The van der Waals surface area contributed by atoms with Crippen LogP contribution in [0.15, 0.2) is 60.9 Å². The number of allylic oxidation sites excluding steroid dienone is 1. The number of rotatable bonds is 0. The molecule has 4 heteroatoms. The van der Waals surface area contributed by atoms with Crippen molar-refractivity contribution < 1.29 is 0 Å². The molecule has 0 saturated heterocycles. The molecule has 0 saturated carbocycles. The zero-order valence-corrected chi connectivity index (χ0v) is 10.5. The highest BCUT2D eigenvalue weighted by atomic mass is 32.1. The maximum Gasteiger partial charge on any atom is 0.0931 e. The summed E-state index contributed by atoms with van der Waals surface area (Å²) >= 11 is 1.46. The van der Waals surface area contributed by atoms with Gasteiger partial charge in [-0.3, -0.25) is 0 Å². The van der Waals surface area contributed by atoms with E-state index in [4.69, 9.17) is 0 Å². The number of nitrogens with one attached hydrogen (secondary N) is 1. The predicted molar refractivity (Wildman–Crippen MR) is 74.1 cm³/mol. The summed E-state index contributed by atoms with van der Waals surface area (Å²) < 4.78 is 3.76. The monoisotopic (exact) mass is 245 g/mol. The molecule has 17 heavy (non-hydrogen) atoms. The van der Waals surface area contributed by atoms with Crippen molar-refractivity contribution in [2.24, 2.45) is 0 Å². The van der Waals surface area contributed by atoms with Crippen LogP contribution in [0.5, 0.6) is 0 Å². The zero-order valence-electron chi connectivity index (χ0n) is 9.71. The zero-order chi connectivity index (χ0) is 12.3. The van der Waals surface area contributed by atoms with Crippen LogP contribution in [0.1, 0.15) is 6.92 Å². The second-order valence-electron chi connectivity index (χ2n) is 3.02. The fraction of sp³-hybridized carbons (Fsp3) is 0.0769. The highest BCUT2D eigenvalue weighted by Gasteiger charge is 1.88. The van der Waals surface area contributed by atoms with Crippen LogP contribution in [0.25, 0.3) is 11.0 Å². The topological polar surface area (TPSA) is 41.6 Å². The van der Waals surface area contributed by atoms with Gasteiger partial charge in [0.1, 0.15) is 0 Å². The molecule has 1 N–H and O–H groups in total. The van der Waals surface area contributed by atoms with Crippen molar-refractivity contribution in [2.45, 2.75) is 6.92 Å². The lowest BCUT2D eigenvalue weighted by Crippen LogP contribution is -1.63. The van der Waals surface area contributed by atoms with Gasteiger partial charge in [-0.2, -0.15) is 0 Å². The number of nitrogens with zero attached hydrogens (tertiary/aromatic N) is 2. The lowest BCUT2D eigenvalue weighted by atomic mass is 10.3. The van der Waals surface area contributed by atoms with E-state index in [9.17, 15) is 0 Å². The normalized spacial score (nSPS) is 8.53. The molecule has 0 unspecified atom stereocenters. The second-order valence-corrected chi connectivity index (χ2v) is 3.71. The first-order valence-electron chi connectivity index (χ1n) is 5.18. The number of hydrogen-bond donors (Lipinski definition) is 1. The number of para-hydroxylation sites is 2. The third kappa shape index (κ3) is 5.08. The Labute approximate surface area is 105 Å². The van der Waals surface area contributed by atoms with Gasteiger partial charge in [0.25, 0.3) is 0 Å². The van der Waals surface area contributed by atoms with E-state index in [-0.39, 0.29) is 0 Å². The maximum atomic E-state index is 4.06. The van der Waals surface area contributed by atoms with Gasteiger partial charge < -0.3 is 4.98 Å². The first kappa shape index (κ1) is 13.1. The van der Waals surface area contributed by atoms with E-state index in [0.717, 1.165) is 11.0 Å². The Bertz CT molecular complexity index is 467. The molecule has 0 fully saturated rings. The molecule has 1 aromatic carbocycles. The Morgan fingerprint density at radius 3 is 2.59 bits per heavy atom. The lowest BCUT2D eigenvalue weighted by Gasteiger charge is -1.81. The number of H-pyrrole nitrogens is 1. The molecule has 3 aromatic rings. The van der Waals surface area contributed by atoms with Crippen molar-refractivity contribution in [1.29, 1.82) is 0 Å². The van der Waals surface area contributed by atoms with E-state index in [0.29, 0.717) is 0 Å². The molecule has 0 bridgehead atoms. The van der Waals surface area contributed by atoms with Crippen molar-refractivity contribution >= 4 is 22.6 Å². The molecule has 0 radical (unpaired) electrons. The van der Waals surface area contributed by atoms with Crippen LogP contribution >= 0.6 is 11.5 Å². The van der Waals surface area contributed by atoms with Gasteiger partial charge in [0, 0.05) is 11.6 Å². The maximum absolute atomic E-state index is 4.06. The van der Waals surface area contributed by atoms with Crippen molar-refractivity contribution in [3.63, 3.8) is 0 Å². The van der Waals surface area contributed by atoms with E-state index in [1.807, 2.05) is 42.6 Å². The summed E-state index contributed by atoms with van der Waals surface area (Å²) in [6.07, 6.45) is 5.22. The van der Waals surface area contributed by atoms with Crippen LogP contribution in [-0.4, -0.2) is 14.3 Å². The van der Waals surface area contributed by atoms with Crippen molar-refractivity contribution in [1.82, 2.24) is 14.3 Å². The fourth-order valence-corrected chi connectivity index (χ4v) is 1.41. The van der Waals surface area contributed by atoms with Gasteiger partial charge >= 0.3 is 0 Å². The van der Waals surface area contributed by atoms with Crippen molar-refractivity contribution in [2.75, 3.05) is 0 Å². The molecule has 0 aliphatic carbocycles. The summed E-state index contributed by atoms with van der Waals surface area (Å²) in [5.41, 5.74) is 2.12. The standard InChI is InChI=1S/C7H6N2.C3H3NS.C3H6/c1-2-4-7-6(3-1)8-5-9-7;1-2-4-5-3-1;1-3-2/h1-5H,(H,8,9);1-3H;3H,1H2,2H3. The van der Waals surface area contributed by atoms with Crippen LogP contribution in [0.4, 0.5) is 0 Å². The largest absolute Gasteiger partial charge is 0.345 e. The van der Waals surface area contributed by atoms with E-state index in [1.54, 1.807) is 18.6 Å². The molecule has 0 spiro atoms. The first-order chi connectivity index (χ1) is 8.38. The fourth-order valence-electron chi connectivity index (χ4n) is 1.06. The Morgan fingerprint density at radius 2 is 2.06 bits per heavy atom. The van der Waals surface area contributed by atoms with Gasteiger partial charge in [0.2, 0.25) is 0 Å². The summed E-state index contributed by atoms with van der Waals surface area (Å²) in [5, 5.41) is 1.93. The van der Waals surface area contributed by atoms with E-state index >= 15 is 0 Å². The molecule has 3 nitrogen and oxygen atoms in total. The quantitative estimate of drug-likeness (QED) is 0.610. The molecule has 2 heterocycles. The number of aromatic amines is 1. The second kappa shape index (κ2) is 8.24. The number of imidazole rings is 1. The molecule has 0 aliphatic rings. The molecule has 2 aromatic heterocycles. The third-order valence-electron chi connectivity index (χ3n) is 1.67. The molecule has 0 amide bonds. The van der Waals surface area contributed by atoms with Gasteiger partial charge in [-0.05, 0) is 36.7 Å². The summed E-state index contributed by atoms with van der Waals surface area (Å²) in [5.74, 6) is 0. The summed E-state index contributed by atoms with van der Waals surface area (Å²) in [4.78, 5) is 7.07. The third-order valence-corrected chi connectivity index (χ3v) is 2.20. The van der Waals surface area contributed by atoms with E-state index < -0.39 is 0 Å². The van der Waals surface area contributed by atoms with Crippen LogP contribution in [0, 0.1) is 0 Å². The molecule has 0 atom stereocenters. The van der Waals surface area contributed by atoms with E-state index in [2.05, 4.69) is 20.9 Å². The lowest BCUT2D eigenvalue weighted by molar-refractivity contribution is 1.34. The Morgan fingerprint density at radius 1 is 1.29 bits per heavy atom. The Hall–Kier alpha value is -1.94. The smallest absolute Gasteiger partial charge is 0.0931 e. The van der Waals surface area contributed by atoms with Gasteiger partial charge in [-0.25, -0.2) is 9.36 Å². The minimum atomic E-state index is 1.03. The summed E-state index contributed by atoms with van der Waals surface area (Å²) in [6.45, 7) is 5.25.